The third-order valence-corrected chi connectivity index (χ3v) is 6.40. The minimum atomic E-state index is -0.629. The van der Waals surface area contributed by atoms with Crippen LogP contribution in [0.15, 0.2) is 54.9 Å². The number of likely N-dealkylation sites (tertiary alicyclic amines) is 1. The summed E-state index contributed by atoms with van der Waals surface area (Å²) in [6.45, 7) is 2.83. The molecule has 4 N–H and O–H groups in total. The molecule has 12 heteroatoms. The molecule has 1 aliphatic heterocycles. The standard InChI is InChI=1S/C27H28N8O4/c1-16-9-11-29-21(14-16)32-25(36)17-5-7-19(8-6-17)39-20-10-12-30-23-22(20)24(34-33-23)31-18-4-3-13-35(15-18)27(38)26(37)28-2/h5-12,14,18H,3-4,13,15H2,1-2H3,(H,28,37)(H,29,32,36)(H2,30,31,33,34). The first-order chi connectivity index (χ1) is 18.9. The Morgan fingerprint density at radius 2 is 1.87 bits per heavy atom. The number of aromatic nitrogens is 4. The number of amides is 3. The Bertz CT molecular complexity index is 1520. The number of fused-ring (bicyclic) bond motifs is 1. The van der Waals surface area contributed by atoms with Crippen molar-refractivity contribution in [2.24, 2.45) is 0 Å². The van der Waals surface area contributed by atoms with Crippen LogP contribution in [0, 0.1) is 6.92 Å². The van der Waals surface area contributed by atoms with Crippen LogP contribution in [0.2, 0.25) is 0 Å². The van der Waals surface area contributed by atoms with Crippen molar-refractivity contribution in [2.45, 2.75) is 25.8 Å². The third-order valence-electron chi connectivity index (χ3n) is 6.40. The van der Waals surface area contributed by atoms with Crippen LogP contribution in [-0.4, -0.2) is 69.0 Å². The number of H-pyrrole nitrogens is 1. The van der Waals surface area contributed by atoms with E-state index in [2.05, 4.69) is 36.1 Å². The lowest BCUT2D eigenvalue weighted by Gasteiger charge is -2.32. The molecule has 200 valence electrons. The van der Waals surface area contributed by atoms with E-state index in [0.717, 1.165) is 18.4 Å². The second kappa shape index (κ2) is 11.2. The number of aromatic amines is 1. The minimum absolute atomic E-state index is 0.104. The van der Waals surface area contributed by atoms with Crippen molar-refractivity contribution in [3.8, 4) is 11.5 Å². The summed E-state index contributed by atoms with van der Waals surface area (Å²) in [5.41, 5.74) is 1.99. The molecule has 1 unspecified atom stereocenters. The smallest absolute Gasteiger partial charge is 0.311 e. The first kappa shape index (κ1) is 25.6. The predicted octanol–water partition coefficient (Wildman–Crippen LogP) is 2.85. The summed E-state index contributed by atoms with van der Waals surface area (Å²) in [6, 6.07) is 12.1. The fourth-order valence-electron chi connectivity index (χ4n) is 4.43. The molecule has 1 aliphatic rings. The highest BCUT2D eigenvalue weighted by Gasteiger charge is 2.28. The third kappa shape index (κ3) is 5.79. The summed E-state index contributed by atoms with van der Waals surface area (Å²) >= 11 is 0. The number of carbonyl (C=O) groups excluding carboxylic acids is 3. The molecule has 0 bridgehead atoms. The first-order valence-corrected chi connectivity index (χ1v) is 12.5. The van der Waals surface area contributed by atoms with Crippen molar-refractivity contribution >= 4 is 40.4 Å². The molecule has 0 saturated carbocycles. The van der Waals surface area contributed by atoms with Gasteiger partial charge in [-0.05, 0) is 61.7 Å². The molecule has 1 aromatic carbocycles. The second-order valence-corrected chi connectivity index (χ2v) is 9.22. The number of ether oxygens (including phenoxy) is 1. The van der Waals surface area contributed by atoms with Crippen LogP contribution in [0.3, 0.4) is 0 Å². The van der Waals surface area contributed by atoms with Crippen LogP contribution in [-0.2, 0) is 9.59 Å². The van der Waals surface area contributed by atoms with Crippen LogP contribution in [0.4, 0.5) is 11.6 Å². The highest BCUT2D eigenvalue weighted by atomic mass is 16.5. The van der Waals surface area contributed by atoms with E-state index in [4.69, 9.17) is 4.74 Å². The average Bonchev–Trinajstić information content (AvgIpc) is 3.36. The molecule has 0 aliphatic carbocycles. The van der Waals surface area contributed by atoms with E-state index in [9.17, 15) is 14.4 Å². The quantitative estimate of drug-likeness (QED) is 0.279. The normalized spacial score (nSPS) is 15.0. The second-order valence-electron chi connectivity index (χ2n) is 9.22. The molecule has 0 spiro atoms. The van der Waals surface area contributed by atoms with Crippen LogP contribution >= 0.6 is 0 Å². The molecule has 1 saturated heterocycles. The van der Waals surface area contributed by atoms with Gasteiger partial charge in [-0.2, -0.15) is 5.10 Å². The van der Waals surface area contributed by atoms with Crippen LogP contribution in [0.5, 0.6) is 11.5 Å². The van der Waals surface area contributed by atoms with Gasteiger partial charge in [0, 0.05) is 50.2 Å². The number of aryl methyl sites for hydroxylation is 1. The van der Waals surface area contributed by atoms with Crippen molar-refractivity contribution in [3.05, 3.63) is 66.0 Å². The van der Waals surface area contributed by atoms with Crippen LogP contribution in [0.1, 0.15) is 28.8 Å². The van der Waals surface area contributed by atoms with Gasteiger partial charge < -0.3 is 25.6 Å². The Hall–Kier alpha value is -5.00. The molecular weight excluding hydrogens is 500 g/mol. The summed E-state index contributed by atoms with van der Waals surface area (Å²) in [5.74, 6) is 0.618. The molecule has 4 aromatic rings. The topological polar surface area (TPSA) is 154 Å². The fourth-order valence-corrected chi connectivity index (χ4v) is 4.43. The number of nitrogens with zero attached hydrogens (tertiary/aromatic N) is 4. The SMILES string of the molecule is CNC(=O)C(=O)N1CCCC(Nc2n[nH]c3nccc(Oc4ccc(C(=O)Nc5cc(C)ccn5)cc4)c23)C1. The lowest BCUT2D eigenvalue weighted by molar-refractivity contribution is -0.146. The number of rotatable bonds is 6. The van der Waals surface area contributed by atoms with Gasteiger partial charge in [0.1, 0.15) is 22.7 Å². The van der Waals surface area contributed by atoms with Gasteiger partial charge in [0.15, 0.2) is 11.5 Å². The highest BCUT2D eigenvalue weighted by Crippen LogP contribution is 2.33. The van der Waals surface area contributed by atoms with E-state index in [1.165, 1.54) is 11.9 Å². The van der Waals surface area contributed by atoms with E-state index < -0.39 is 11.8 Å². The zero-order valence-corrected chi connectivity index (χ0v) is 21.5. The van der Waals surface area contributed by atoms with E-state index in [0.29, 0.717) is 52.8 Å². The maximum absolute atomic E-state index is 12.6. The van der Waals surface area contributed by atoms with Crippen LogP contribution < -0.4 is 20.7 Å². The van der Waals surface area contributed by atoms with Crippen molar-refractivity contribution in [2.75, 3.05) is 30.8 Å². The average molecular weight is 529 g/mol. The fraction of sp³-hybridized carbons (Fsp3) is 0.259. The lowest BCUT2D eigenvalue weighted by Crippen LogP contribution is -2.49. The van der Waals surface area contributed by atoms with Gasteiger partial charge in [-0.1, -0.05) is 0 Å². The Labute approximate surface area is 224 Å². The maximum atomic E-state index is 12.6. The summed E-state index contributed by atoms with van der Waals surface area (Å²) < 4.78 is 6.15. The van der Waals surface area contributed by atoms with E-state index in [-0.39, 0.29) is 11.9 Å². The predicted molar refractivity (Wildman–Crippen MR) is 145 cm³/mol. The first-order valence-electron chi connectivity index (χ1n) is 12.5. The number of anilines is 2. The lowest BCUT2D eigenvalue weighted by atomic mass is 10.1. The Morgan fingerprint density at radius 1 is 1.08 bits per heavy atom. The number of hydrogen-bond acceptors (Lipinski definition) is 8. The zero-order chi connectivity index (χ0) is 27.4. The van der Waals surface area contributed by atoms with E-state index in [1.54, 1.807) is 48.8 Å². The minimum Gasteiger partial charge on any atom is -0.456 e. The van der Waals surface area contributed by atoms with Gasteiger partial charge in [-0.25, -0.2) is 9.97 Å². The molecule has 5 rings (SSSR count). The molecule has 39 heavy (non-hydrogen) atoms. The number of piperidine rings is 1. The number of likely N-dealkylation sites (N-methyl/N-ethyl adjacent to an activating group) is 1. The number of carbonyl (C=O) groups is 3. The molecule has 3 aromatic heterocycles. The largest absolute Gasteiger partial charge is 0.456 e. The summed E-state index contributed by atoms with van der Waals surface area (Å²) in [5, 5.41) is 16.5. The van der Waals surface area contributed by atoms with Crippen molar-refractivity contribution < 1.29 is 19.1 Å². The molecule has 1 fully saturated rings. The van der Waals surface area contributed by atoms with Crippen molar-refractivity contribution in [3.63, 3.8) is 0 Å². The number of pyridine rings is 2. The Balaban J connectivity index is 1.29. The zero-order valence-electron chi connectivity index (χ0n) is 21.5. The number of benzene rings is 1. The number of nitrogens with one attached hydrogen (secondary N) is 4. The molecule has 12 nitrogen and oxygen atoms in total. The van der Waals surface area contributed by atoms with Crippen molar-refractivity contribution in [1.29, 1.82) is 0 Å². The Morgan fingerprint density at radius 3 is 2.64 bits per heavy atom. The number of hydrogen-bond donors (Lipinski definition) is 4. The summed E-state index contributed by atoms with van der Waals surface area (Å²) in [4.78, 5) is 46.8. The van der Waals surface area contributed by atoms with Gasteiger partial charge in [0.25, 0.3) is 5.91 Å². The highest BCUT2D eigenvalue weighted by molar-refractivity contribution is 6.34. The molecule has 0 radical (unpaired) electrons. The summed E-state index contributed by atoms with van der Waals surface area (Å²) in [7, 11) is 1.44. The molecule has 4 heterocycles. The van der Waals surface area contributed by atoms with Gasteiger partial charge in [-0.15, -0.1) is 0 Å². The summed E-state index contributed by atoms with van der Waals surface area (Å²) in [6.07, 6.45) is 4.82. The van der Waals surface area contributed by atoms with Crippen LogP contribution in [0.25, 0.3) is 11.0 Å². The van der Waals surface area contributed by atoms with Gasteiger partial charge >= 0.3 is 11.8 Å². The molecule has 1 atom stereocenters. The van der Waals surface area contributed by atoms with Gasteiger partial charge in [-0.3, -0.25) is 19.5 Å². The maximum Gasteiger partial charge on any atom is 0.311 e. The Kier molecular flexibility index (Phi) is 7.34. The van der Waals surface area contributed by atoms with E-state index >= 15 is 0 Å². The van der Waals surface area contributed by atoms with Crippen molar-refractivity contribution in [1.82, 2.24) is 30.4 Å². The van der Waals surface area contributed by atoms with Gasteiger partial charge in [0.2, 0.25) is 0 Å². The van der Waals surface area contributed by atoms with E-state index in [1.807, 2.05) is 13.0 Å². The monoisotopic (exact) mass is 528 g/mol. The molecular formula is C27H28N8O4. The molecule has 3 amide bonds. The van der Waals surface area contributed by atoms with Gasteiger partial charge in [0.05, 0.1) is 0 Å².